The Bertz CT molecular complexity index is 694. The number of amidine groups is 1. The van der Waals surface area contributed by atoms with Crippen LogP contribution in [0, 0.1) is 5.41 Å². The van der Waals surface area contributed by atoms with Crippen molar-refractivity contribution in [2.45, 2.75) is 19.3 Å². The molecule has 0 atom stereocenters. The quantitative estimate of drug-likeness (QED) is 0.661. The van der Waals surface area contributed by atoms with Crippen LogP contribution in [0.2, 0.25) is 5.02 Å². The highest BCUT2D eigenvalue weighted by molar-refractivity contribution is 6.34. The van der Waals surface area contributed by atoms with Gasteiger partial charge in [-0.15, -0.1) is 0 Å². The lowest BCUT2D eigenvalue weighted by molar-refractivity contribution is 0.475. The van der Waals surface area contributed by atoms with Crippen LogP contribution < -0.4 is 0 Å². The van der Waals surface area contributed by atoms with Crippen molar-refractivity contribution in [3.05, 3.63) is 70.7 Å². The van der Waals surface area contributed by atoms with Gasteiger partial charge in [-0.1, -0.05) is 60.1 Å². The van der Waals surface area contributed by atoms with Crippen molar-refractivity contribution >= 4 is 23.1 Å². The van der Waals surface area contributed by atoms with E-state index in [2.05, 4.69) is 17.2 Å². The lowest BCUT2D eigenvalue weighted by Gasteiger charge is -2.14. The van der Waals surface area contributed by atoms with Crippen LogP contribution in [0.1, 0.15) is 24.0 Å². The molecule has 0 saturated carbocycles. The molecular weight excluding hydrogens is 294 g/mol. The number of halogens is 1. The van der Waals surface area contributed by atoms with Crippen LogP contribution in [0.4, 0.5) is 0 Å². The second-order valence-corrected chi connectivity index (χ2v) is 5.74. The molecule has 0 unspecified atom stereocenters. The Morgan fingerprint density at radius 3 is 2.59 bits per heavy atom. The van der Waals surface area contributed by atoms with E-state index >= 15 is 0 Å². The van der Waals surface area contributed by atoms with E-state index in [1.165, 1.54) is 5.56 Å². The molecule has 1 aliphatic heterocycles. The number of nitrogens with zero attached hydrogens (tertiary/aromatic N) is 2. The fraction of sp³-hybridized carbons (Fsp3) is 0.222. The SMILES string of the molecule is N=C(CCc1ccccc1)N1CCC(c2ccccc2Cl)=N1. The summed E-state index contributed by atoms with van der Waals surface area (Å²) >= 11 is 6.22. The molecule has 0 radical (unpaired) electrons. The average Bonchev–Trinajstić information content (AvgIpc) is 3.04. The van der Waals surface area contributed by atoms with Gasteiger partial charge < -0.3 is 0 Å². The Kier molecular flexibility index (Phi) is 4.54. The summed E-state index contributed by atoms with van der Waals surface area (Å²) in [6.07, 6.45) is 2.40. The third-order valence-corrected chi connectivity index (χ3v) is 4.12. The first-order valence-electron chi connectivity index (χ1n) is 7.45. The van der Waals surface area contributed by atoms with E-state index in [0.29, 0.717) is 12.3 Å². The molecular formula is C18H18ClN3. The molecule has 1 heterocycles. The van der Waals surface area contributed by atoms with Gasteiger partial charge in [0.15, 0.2) is 0 Å². The van der Waals surface area contributed by atoms with E-state index in [1.807, 2.05) is 42.5 Å². The Balaban J connectivity index is 1.64. The van der Waals surface area contributed by atoms with Crippen molar-refractivity contribution in [3.63, 3.8) is 0 Å². The predicted molar refractivity (Wildman–Crippen MR) is 91.8 cm³/mol. The minimum Gasteiger partial charge on any atom is -0.287 e. The standard InChI is InChI=1S/C18H18ClN3/c19-16-9-5-4-8-15(16)17-12-13-22(21-17)18(20)11-10-14-6-2-1-3-7-14/h1-9,20H,10-13H2. The normalized spacial score (nSPS) is 14.0. The molecule has 0 saturated heterocycles. The van der Waals surface area contributed by atoms with Gasteiger partial charge in [-0.05, 0) is 18.1 Å². The summed E-state index contributed by atoms with van der Waals surface area (Å²) in [7, 11) is 0. The van der Waals surface area contributed by atoms with E-state index in [9.17, 15) is 0 Å². The molecule has 1 aliphatic rings. The predicted octanol–water partition coefficient (Wildman–Crippen LogP) is 4.36. The molecule has 0 aliphatic carbocycles. The number of hydrogen-bond acceptors (Lipinski definition) is 2. The fourth-order valence-corrected chi connectivity index (χ4v) is 2.82. The topological polar surface area (TPSA) is 39.5 Å². The zero-order chi connectivity index (χ0) is 15.4. The number of benzene rings is 2. The van der Waals surface area contributed by atoms with E-state index in [-0.39, 0.29) is 0 Å². The minimum atomic E-state index is 0.561. The minimum absolute atomic E-state index is 0.561. The molecule has 3 nitrogen and oxygen atoms in total. The van der Waals surface area contributed by atoms with Gasteiger partial charge >= 0.3 is 0 Å². The number of rotatable bonds is 4. The molecule has 0 spiro atoms. The largest absolute Gasteiger partial charge is 0.287 e. The number of hydrazone groups is 1. The molecule has 0 aromatic heterocycles. The zero-order valence-electron chi connectivity index (χ0n) is 12.3. The molecule has 0 bridgehead atoms. The highest BCUT2D eigenvalue weighted by atomic mass is 35.5. The van der Waals surface area contributed by atoms with E-state index in [4.69, 9.17) is 17.0 Å². The second kappa shape index (κ2) is 6.75. The Hall–Kier alpha value is -2.13. The molecule has 22 heavy (non-hydrogen) atoms. The summed E-state index contributed by atoms with van der Waals surface area (Å²) in [5.41, 5.74) is 3.19. The number of aryl methyl sites for hydroxylation is 1. The van der Waals surface area contributed by atoms with Gasteiger partial charge in [0, 0.05) is 30.0 Å². The highest BCUT2D eigenvalue weighted by Gasteiger charge is 2.20. The van der Waals surface area contributed by atoms with Gasteiger partial charge in [0.2, 0.25) is 0 Å². The highest BCUT2D eigenvalue weighted by Crippen LogP contribution is 2.21. The Labute approximate surface area is 135 Å². The van der Waals surface area contributed by atoms with Crippen LogP contribution in [0.5, 0.6) is 0 Å². The van der Waals surface area contributed by atoms with Crippen LogP contribution in [0.3, 0.4) is 0 Å². The molecule has 0 amide bonds. The third kappa shape index (κ3) is 3.37. The Morgan fingerprint density at radius 1 is 1.09 bits per heavy atom. The number of hydrogen-bond donors (Lipinski definition) is 1. The zero-order valence-corrected chi connectivity index (χ0v) is 13.1. The van der Waals surface area contributed by atoms with E-state index in [1.54, 1.807) is 5.01 Å². The van der Waals surface area contributed by atoms with Crippen molar-refractivity contribution in [2.75, 3.05) is 6.54 Å². The molecule has 1 N–H and O–H groups in total. The van der Waals surface area contributed by atoms with Crippen molar-refractivity contribution in [1.29, 1.82) is 5.41 Å². The fourth-order valence-electron chi connectivity index (χ4n) is 2.57. The molecule has 4 heteroatoms. The summed E-state index contributed by atoms with van der Waals surface area (Å²) in [5.74, 6) is 0.561. The van der Waals surface area contributed by atoms with Crippen LogP contribution in [0.25, 0.3) is 0 Å². The molecule has 0 fully saturated rings. The van der Waals surface area contributed by atoms with Gasteiger partial charge in [-0.25, -0.2) is 0 Å². The van der Waals surface area contributed by atoms with Gasteiger partial charge in [0.25, 0.3) is 0 Å². The summed E-state index contributed by atoms with van der Waals surface area (Å²) in [5, 5.41) is 15.3. The number of nitrogens with one attached hydrogen (secondary N) is 1. The third-order valence-electron chi connectivity index (χ3n) is 3.79. The van der Waals surface area contributed by atoms with Crippen LogP contribution >= 0.6 is 11.6 Å². The molecule has 2 aromatic rings. The molecule has 3 rings (SSSR count). The van der Waals surface area contributed by atoms with Gasteiger partial charge in [-0.2, -0.15) is 5.10 Å². The van der Waals surface area contributed by atoms with E-state index in [0.717, 1.165) is 35.7 Å². The second-order valence-electron chi connectivity index (χ2n) is 5.33. The Morgan fingerprint density at radius 2 is 1.82 bits per heavy atom. The summed E-state index contributed by atoms with van der Waals surface area (Å²) in [6.45, 7) is 0.758. The van der Waals surface area contributed by atoms with Crippen LogP contribution in [-0.2, 0) is 6.42 Å². The maximum Gasteiger partial charge on any atom is 0.117 e. The van der Waals surface area contributed by atoms with Crippen molar-refractivity contribution < 1.29 is 0 Å². The first kappa shape index (κ1) is 14.8. The summed E-state index contributed by atoms with van der Waals surface area (Å²) in [6, 6.07) is 18.0. The van der Waals surface area contributed by atoms with Crippen LogP contribution in [0.15, 0.2) is 59.7 Å². The maximum atomic E-state index is 8.23. The molecule has 112 valence electrons. The van der Waals surface area contributed by atoms with Gasteiger partial charge in [0.1, 0.15) is 5.84 Å². The first-order chi connectivity index (χ1) is 10.7. The van der Waals surface area contributed by atoms with Crippen molar-refractivity contribution in [3.8, 4) is 0 Å². The lowest BCUT2D eigenvalue weighted by Crippen LogP contribution is -2.22. The summed E-state index contributed by atoms with van der Waals surface area (Å²) in [4.78, 5) is 0. The summed E-state index contributed by atoms with van der Waals surface area (Å²) < 4.78 is 0. The van der Waals surface area contributed by atoms with Crippen molar-refractivity contribution in [1.82, 2.24) is 5.01 Å². The smallest absolute Gasteiger partial charge is 0.117 e. The van der Waals surface area contributed by atoms with Gasteiger partial charge in [-0.3, -0.25) is 10.4 Å². The van der Waals surface area contributed by atoms with E-state index < -0.39 is 0 Å². The lowest BCUT2D eigenvalue weighted by atomic mass is 10.1. The molecule has 2 aromatic carbocycles. The van der Waals surface area contributed by atoms with Gasteiger partial charge in [0.05, 0.1) is 5.71 Å². The van der Waals surface area contributed by atoms with Crippen molar-refractivity contribution in [2.24, 2.45) is 5.10 Å². The first-order valence-corrected chi connectivity index (χ1v) is 7.83. The average molecular weight is 312 g/mol. The monoisotopic (exact) mass is 311 g/mol. The maximum absolute atomic E-state index is 8.23. The van der Waals surface area contributed by atoms with Crippen LogP contribution in [-0.4, -0.2) is 23.1 Å².